The van der Waals surface area contributed by atoms with Gasteiger partial charge < -0.3 is 14.7 Å². The largest absolute Gasteiger partial charge is 0.479 e. The lowest BCUT2D eigenvalue weighted by Crippen LogP contribution is -2.51. The van der Waals surface area contributed by atoms with E-state index >= 15 is 0 Å². The maximum atomic E-state index is 12.5. The summed E-state index contributed by atoms with van der Waals surface area (Å²) in [6.07, 6.45) is -1.44. The van der Waals surface area contributed by atoms with Crippen LogP contribution in [0.1, 0.15) is 31.1 Å². The smallest absolute Gasteiger partial charge is 0.334 e. The summed E-state index contributed by atoms with van der Waals surface area (Å²) in [6.45, 7) is 5.14. The summed E-state index contributed by atoms with van der Waals surface area (Å²) in [5.74, 6) is -1.46. The molecule has 0 spiro atoms. The van der Waals surface area contributed by atoms with Crippen LogP contribution in [0.5, 0.6) is 0 Å². The van der Waals surface area contributed by atoms with Crippen LogP contribution in [-0.2, 0) is 19.4 Å². The van der Waals surface area contributed by atoms with Crippen LogP contribution in [0.3, 0.4) is 0 Å². The number of carboxylic acid groups (broad SMARTS) is 1. The summed E-state index contributed by atoms with van der Waals surface area (Å²) in [6, 6.07) is 5.71. The molecule has 1 amide bonds. The molecule has 0 saturated carbocycles. The first-order valence-electron chi connectivity index (χ1n) is 7.64. The van der Waals surface area contributed by atoms with E-state index in [1.807, 2.05) is 0 Å². The fraction of sp³-hybridized carbons (Fsp3) is 0.500. The van der Waals surface area contributed by atoms with Gasteiger partial charge in [0.15, 0.2) is 15.9 Å². The van der Waals surface area contributed by atoms with E-state index in [1.165, 1.54) is 29.2 Å². The molecule has 1 aromatic carbocycles. The van der Waals surface area contributed by atoms with Gasteiger partial charge in [0.2, 0.25) is 0 Å². The summed E-state index contributed by atoms with van der Waals surface area (Å²) >= 11 is 0. The van der Waals surface area contributed by atoms with E-state index in [-0.39, 0.29) is 30.0 Å². The zero-order valence-electron chi connectivity index (χ0n) is 13.8. The lowest BCUT2D eigenvalue weighted by atomic mass is 10.1. The number of ether oxygens (including phenoxy) is 1. The predicted octanol–water partition coefficient (Wildman–Crippen LogP) is 1.18. The van der Waals surface area contributed by atoms with Crippen LogP contribution < -0.4 is 0 Å². The Balaban J connectivity index is 2.20. The van der Waals surface area contributed by atoms with E-state index in [2.05, 4.69) is 0 Å². The number of morpholine rings is 1. The Kier molecular flexibility index (Phi) is 5.29. The van der Waals surface area contributed by atoms with Gasteiger partial charge in [0.05, 0.1) is 22.8 Å². The lowest BCUT2D eigenvalue weighted by Gasteiger charge is -2.35. The number of hydrogen-bond donors (Lipinski definition) is 1. The summed E-state index contributed by atoms with van der Waals surface area (Å²) < 4.78 is 29.5. The van der Waals surface area contributed by atoms with Gasteiger partial charge in [-0.3, -0.25) is 4.79 Å². The molecule has 8 heteroatoms. The Morgan fingerprint density at radius 2 is 1.79 bits per heavy atom. The molecule has 0 aliphatic carbocycles. The molecular weight excluding hydrogens is 334 g/mol. The third-order valence-electron chi connectivity index (χ3n) is 3.87. The zero-order chi connectivity index (χ0) is 18.1. The molecule has 1 fully saturated rings. The third kappa shape index (κ3) is 3.76. The van der Waals surface area contributed by atoms with E-state index in [0.29, 0.717) is 5.56 Å². The number of nitrogens with zero attached hydrogens (tertiary/aromatic N) is 1. The quantitative estimate of drug-likeness (QED) is 0.870. The standard InChI is InChI=1S/C16H21NO6S/c1-10(2)24(21,22)13-6-4-12(5-7-13)15(18)17-8-11(3)23-14(9-17)16(19)20/h4-7,10-11,14H,8-9H2,1-3H3,(H,19,20)/t11-,14?/m1/s1. The minimum absolute atomic E-state index is 0.0372. The van der Waals surface area contributed by atoms with Crippen molar-refractivity contribution in [1.29, 1.82) is 0 Å². The monoisotopic (exact) mass is 355 g/mol. The van der Waals surface area contributed by atoms with Crippen molar-refractivity contribution < 1.29 is 27.9 Å². The number of carbonyl (C=O) groups is 2. The number of hydrogen-bond acceptors (Lipinski definition) is 5. The van der Waals surface area contributed by atoms with E-state index in [9.17, 15) is 18.0 Å². The minimum Gasteiger partial charge on any atom is -0.479 e. The lowest BCUT2D eigenvalue weighted by molar-refractivity contribution is -0.160. The number of aliphatic carboxylic acids is 1. The molecule has 1 heterocycles. The van der Waals surface area contributed by atoms with Crippen LogP contribution >= 0.6 is 0 Å². The summed E-state index contributed by atoms with van der Waals surface area (Å²) in [4.78, 5) is 25.2. The number of amides is 1. The molecule has 0 bridgehead atoms. The van der Waals surface area contributed by atoms with Crippen LogP contribution in [-0.4, -0.2) is 60.8 Å². The second-order valence-electron chi connectivity index (χ2n) is 6.10. The summed E-state index contributed by atoms with van der Waals surface area (Å²) in [7, 11) is -3.40. The third-order valence-corrected chi connectivity index (χ3v) is 6.04. The van der Waals surface area contributed by atoms with Crippen LogP contribution in [0, 0.1) is 0 Å². The molecule has 1 aromatic rings. The van der Waals surface area contributed by atoms with E-state index in [1.54, 1.807) is 20.8 Å². The minimum atomic E-state index is -3.40. The molecule has 1 unspecified atom stereocenters. The normalized spacial score (nSPS) is 21.8. The Hall–Kier alpha value is -1.93. The van der Waals surface area contributed by atoms with Crippen LogP contribution in [0.4, 0.5) is 0 Å². The number of benzene rings is 1. The van der Waals surface area contributed by atoms with E-state index < -0.39 is 27.2 Å². The molecule has 0 radical (unpaired) electrons. The summed E-state index contributed by atoms with van der Waals surface area (Å²) in [5, 5.41) is 8.53. The first-order chi connectivity index (χ1) is 11.1. The fourth-order valence-electron chi connectivity index (χ4n) is 2.50. The highest BCUT2D eigenvalue weighted by atomic mass is 32.2. The topological polar surface area (TPSA) is 101 Å². The maximum absolute atomic E-state index is 12.5. The first kappa shape index (κ1) is 18.4. The van der Waals surface area contributed by atoms with Crippen LogP contribution in [0.15, 0.2) is 29.2 Å². The highest BCUT2D eigenvalue weighted by molar-refractivity contribution is 7.92. The van der Waals surface area contributed by atoms with Crippen molar-refractivity contribution in [3.63, 3.8) is 0 Å². The Morgan fingerprint density at radius 1 is 1.21 bits per heavy atom. The van der Waals surface area contributed by atoms with Gasteiger partial charge in [0.1, 0.15) is 0 Å². The number of carbonyl (C=O) groups excluding carboxylic acids is 1. The molecule has 132 valence electrons. The van der Waals surface area contributed by atoms with Crippen molar-refractivity contribution in [3.8, 4) is 0 Å². The van der Waals surface area contributed by atoms with Crippen molar-refractivity contribution in [2.45, 2.75) is 43.1 Å². The van der Waals surface area contributed by atoms with Gasteiger partial charge in [0.25, 0.3) is 5.91 Å². The van der Waals surface area contributed by atoms with Gasteiger partial charge in [-0.25, -0.2) is 13.2 Å². The highest BCUT2D eigenvalue weighted by Gasteiger charge is 2.33. The predicted molar refractivity (Wildman–Crippen MR) is 86.6 cm³/mol. The van der Waals surface area contributed by atoms with Crippen LogP contribution in [0.2, 0.25) is 0 Å². The van der Waals surface area contributed by atoms with Gasteiger partial charge in [-0.2, -0.15) is 0 Å². The first-order valence-corrected chi connectivity index (χ1v) is 9.19. The van der Waals surface area contributed by atoms with E-state index in [4.69, 9.17) is 9.84 Å². The molecule has 24 heavy (non-hydrogen) atoms. The average molecular weight is 355 g/mol. The molecule has 0 aromatic heterocycles. The molecule has 1 N–H and O–H groups in total. The van der Waals surface area contributed by atoms with Crippen molar-refractivity contribution in [3.05, 3.63) is 29.8 Å². The molecular formula is C16H21NO6S. The average Bonchev–Trinajstić information content (AvgIpc) is 2.53. The number of sulfone groups is 1. The van der Waals surface area contributed by atoms with Crippen molar-refractivity contribution in [1.82, 2.24) is 4.90 Å². The van der Waals surface area contributed by atoms with Gasteiger partial charge in [-0.05, 0) is 45.0 Å². The molecule has 1 saturated heterocycles. The Bertz CT molecular complexity index is 725. The second kappa shape index (κ2) is 6.90. The van der Waals surface area contributed by atoms with Crippen LogP contribution in [0.25, 0.3) is 0 Å². The van der Waals surface area contributed by atoms with Gasteiger partial charge in [0, 0.05) is 12.1 Å². The van der Waals surface area contributed by atoms with Gasteiger partial charge in [-0.15, -0.1) is 0 Å². The second-order valence-corrected chi connectivity index (χ2v) is 8.61. The highest BCUT2D eigenvalue weighted by Crippen LogP contribution is 2.19. The molecule has 2 atom stereocenters. The SMILES string of the molecule is CC(C)S(=O)(=O)c1ccc(C(=O)N2CC(C(=O)O)O[C@H](C)C2)cc1. The zero-order valence-corrected chi connectivity index (χ0v) is 14.6. The molecule has 1 aliphatic heterocycles. The maximum Gasteiger partial charge on any atom is 0.334 e. The molecule has 7 nitrogen and oxygen atoms in total. The van der Waals surface area contributed by atoms with Crippen molar-refractivity contribution >= 4 is 21.7 Å². The van der Waals surface area contributed by atoms with Gasteiger partial charge in [-0.1, -0.05) is 0 Å². The summed E-state index contributed by atoms with van der Waals surface area (Å²) in [5.41, 5.74) is 0.316. The number of carboxylic acids is 1. The number of rotatable bonds is 4. The fourth-order valence-corrected chi connectivity index (χ4v) is 3.56. The Morgan fingerprint density at radius 3 is 2.29 bits per heavy atom. The molecule has 1 aliphatic rings. The molecule has 2 rings (SSSR count). The van der Waals surface area contributed by atoms with Gasteiger partial charge >= 0.3 is 5.97 Å². The Labute approximate surface area is 141 Å². The van der Waals surface area contributed by atoms with E-state index in [0.717, 1.165) is 0 Å². The van der Waals surface area contributed by atoms with Crippen molar-refractivity contribution in [2.75, 3.05) is 13.1 Å². The van der Waals surface area contributed by atoms with Crippen molar-refractivity contribution in [2.24, 2.45) is 0 Å².